The second-order valence-electron chi connectivity index (χ2n) is 5.34. The van der Waals surface area contributed by atoms with E-state index in [0.717, 1.165) is 11.8 Å². The van der Waals surface area contributed by atoms with Gasteiger partial charge in [0, 0.05) is 6.07 Å². The number of nitrogens with one attached hydrogen (secondary N) is 1. The van der Waals surface area contributed by atoms with Crippen LogP contribution in [-0.4, -0.2) is 29.1 Å². The number of para-hydroxylation sites is 1. The predicted octanol–water partition coefficient (Wildman–Crippen LogP) is 3.27. The zero-order valence-electron chi connectivity index (χ0n) is 14.0. The van der Waals surface area contributed by atoms with Crippen molar-refractivity contribution in [1.82, 2.24) is 5.32 Å². The monoisotopic (exact) mass is 383 g/mol. The predicted molar refractivity (Wildman–Crippen MR) is 102 cm³/mol. The summed E-state index contributed by atoms with van der Waals surface area (Å²) in [5.41, 5.74) is 1.19. The highest BCUT2D eigenvalue weighted by Gasteiger charge is 2.25. The number of hydrogen-bond donors (Lipinski definition) is 1. The van der Waals surface area contributed by atoms with Crippen LogP contribution >= 0.6 is 11.8 Å². The van der Waals surface area contributed by atoms with Crippen LogP contribution in [0.5, 0.6) is 0 Å². The zero-order chi connectivity index (χ0) is 19.4. The molecule has 0 spiro atoms. The van der Waals surface area contributed by atoms with Gasteiger partial charge < -0.3 is 10.1 Å². The molecule has 136 valence electrons. The molecule has 0 atom stereocenters. The van der Waals surface area contributed by atoms with E-state index >= 15 is 0 Å². The van der Waals surface area contributed by atoms with Gasteiger partial charge in [-0.1, -0.05) is 12.1 Å². The van der Waals surface area contributed by atoms with Gasteiger partial charge >= 0.3 is 5.97 Å². The lowest BCUT2D eigenvalue weighted by molar-refractivity contribution is -0.385. The van der Waals surface area contributed by atoms with Gasteiger partial charge in [0.25, 0.3) is 11.6 Å². The van der Waals surface area contributed by atoms with Crippen LogP contribution in [0, 0.1) is 10.1 Å². The molecule has 1 aliphatic rings. The van der Waals surface area contributed by atoms with Crippen molar-refractivity contribution < 1.29 is 19.2 Å². The minimum atomic E-state index is -0.498. The van der Waals surface area contributed by atoms with Crippen LogP contribution in [0.4, 0.5) is 11.4 Å². The van der Waals surface area contributed by atoms with Gasteiger partial charge in [0.05, 0.1) is 33.8 Å². The van der Waals surface area contributed by atoms with E-state index in [4.69, 9.17) is 0 Å². The van der Waals surface area contributed by atoms with Crippen molar-refractivity contribution in [2.24, 2.45) is 4.99 Å². The fourth-order valence-corrected chi connectivity index (χ4v) is 3.14. The molecule has 8 nitrogen and oxygen atoms in total. The summed E-state index contributed by atoms with van der Waals surface area (Å²) in [4.78, 5) is 38.8. The van der Waals surface area contributed by atoms with Crippen molar-refractivity contribution in [1.29, 1.82) is 0 Å². The Morgan fingerprint density at radius 1 is 1.22 bits per heavy atom. The van der Waals surface area contributed by atoms with Crippen LogP contribution in [0.1, 0.15) is 15.9 Å². The lowest BCUT2D eigenvalue weighted by Gasteiger charge is -2.00. The highest BCUT2D eigenvalue weighted by Crippen LogP contribution is 2.30. The summed E-state index contributed by atoms with van der Waals surface area (Å²) in [5.74, 6) is -0.837. The van der Waals surface area contributed by atoms with E-state index < -0.39 is 10.9 Å². The SMILES string of the molecule is COC(=O)c1ccc(N=C2NC(=O)/C(=C/c3ccccc3[N+](=O)[O-])S2)cc1. The summed E-state index contributed by atoms with van der Waals surface area (Å²) in [7, 11) is 1.30. The molecule has 27 heavy (non-hydrogen) atoms. The van der Waals surface area contributed by atoms with Gasteiger partial charge in [-0.2, -0.15) is 0 Å². The van der Waals surface area contributed by atoms with Crippen LogP contribution < -0.4 is 5.32 Å². The van der Waals surface area contributed by atoms with E-state index in [9.17, 15) is 19.7 Å². The zero-order valence-corrected chi connectivity index (χ0v) is 14.9. The van der Waals surface area contributed by atoms with Crippen molar-refractivity contribution >= 4 is 46.3 Å². The highest BCUT2D eigenvalue weighted by atomic mass is 32.2. The number of thioether (sulfide) groups is 1. The fraction of sp³-hybridized carbons (Fsp3) is 0.0556. The van der Waals surface area contributed by atoms with E-state index in [0.29, 0.717) is 26.9 Å². The van der Waals surface area contributed by atoms with E-state index in [1.54, 1.807) is 42.5 Å². The summed E-state index contributed by atoms with van der Waals surface area (Å²) < 4.78 is 4.63. The number of rotatable bonds is 4. The normalized spacial score (nSPS) is 16.4. The topological polar surface area (TPSA) is 111 Å². The first-order chi connectivity index (χ1) is 13.0. The summed E-state index contributed by atoms with van der Waals surface area (Å²) >= 11 is 1.08. The largest absolute Gasteiger partial charge is 0.465 e. The Bertz CT molecular complexity index is 983. The number of nitro benzene ring substituents is 1. The van der Waals surface area contributed by atoms with Crippen molar-refractivity contribution in [2.45, 2.75) is 0 Å². The lowest BCUT2D eigenvalue weighted by Crippen LogP contribution is -2.19. The maximum absolute atomic E-state index is 12.1. The third-order valence-corrected chi connectivity index (χ3v) is 4.50. The quantitative estimate of drug-likeness (QED) is 0.375. The molecule has 0 unspecified atom stereocenters. The Morgan fingerprint density at radius 3 is 2.59 bits per heavy atom. The number of nitrogens with zero attached hydrogens (tertiary/aromatic N) is 2. The molecule has 3 rings (SSSR count). The minimum absolute atomic E-state index is 0.0813. The number of amidine groups is 1. The molecule has 2 aromatic rings. The van der Waals surface area contributed by atoms with Gasteiger partial charge in [0.2, 0.25) is 0 Å². The van der Waals surface area contributed by atoms with Gasteiger partial charge in [-0.3, -0.25) is 14.9 Å². The molecule has 9 heteroatoms. The Kier molecular flexibility index (Phi) is 5.32. The molecule has 1 N–H and O–H groups in total. The van der Waals surface area contributed by atoms with Gasteiger partial charge in [-0.15, -0.1) is 0 Å². The summed E-state index contributed by atoms with van der Waals surface area (Å²) in [6.07, 6.45) is 1.46. The molecule has 0 saturated carbocycles. The molecule has 1 saturated heterocycles. The Morgan fingerprint density at radius 2 is 1.93 bits per heavy atom. The van der Waals surface area contributed by atoms with Crippen molar-refractivity contribution in [3.05, 3.63) is 74.7 Å². The number of amides is 1. The first kappa shape index (κ1) is 18.3. The third-order valence-electron chi connectivity index (χ3n) is 3.59. The molecule has 0 bridgehead atoms. The molecule has 1 heterocycles. The maximum Gasteiger partial charge on any atom is 0.337 e. The minimum Gasteiger partial charge on any atom is -0.465 e. The van der Waals surface area contributed by atoms with Gasteiger partial charge in [-0.25, -0.2) is 9.79 Å². The van der Waals surface area contributed by atoms with Gasteiger partial charge in [0.15, 0.2) is 5.17 Å². The molecule has 1 aliphatic heterocycles. The van der Waals surface area contributed by atoms with E-state index in [1.165, 1.54) is 19.3 Å². The molecule has 0 radical (unpaired) electrons. The van der Waals surface area contributed by atoms with E-state index in [-0.39, 0.29) is 11.6 Å². The number of esters is 1. The van der Waals surface area contributed by atoms with Crippen LogP contribution in [0.3, 0.4) is 0 Å². The van der Waals surface area contributed by atoms with E-state index in [2.05, 4.69) is 15.0 Å². The molecule has 1 amide bonds. The second kappa shape index (κ2) is 7.83. The highest BCUT2D eigenvalue weighted by molar-refractivity contribution is 8.18. The number of methoxy groups -OCH3 is 1. The molecular weight excluding hydrogens is 370 g/mol. The number of hydrogen-bond acceptors (Lipinski definition) is 7. The third kappa shape index (κ3) is 4.21. The summed E-state index contributed by atoms with van der Waals surface area (Å²) in [5, 5.41) is 14.0. The Labute approximate surface area is 158 Å². The summed E-state index contributed by atoms with van der Waals surface area (Å²) in [6.45, 7) is 0. The van der Waals surface area contributed by atoms with Crippen molar-refractivity contribution in [2.75, 3.05) is 7.11 Å². The average Bonchev–Trinajstić information content (AvgIpc) is 3.01. The number of carbonyl (C=O) groups is 2. The maximum atomic E-state index is 12.1. The number of carbonyl (C=O) groups excluding carboxylic acids is 2. The lowest BCUT2D eigenvalue weighted by atomic mass is 10.1. The molecule has 0 aromatic heterocycles. The van der Waals surface area contributed by atoms with E-state index in [1.807, 2.05) is 0 Å². The molecule has 0 aliphatic carbocycles. The molecular formula is C18H13N3O5S. The van der Waals surface area contributed by atoms with Crippen LogP contribution in [0.25, 0.3) is 6.08 Å². The standard InChI is InChI=1S/C18H13N3O5S/c1-26-17(23)11-6-8-13(9-7-11)19-18-20-16(22)15(27-18)10-12-4-2-3-5-14(12)21(24)25/h2-10H,1H3,(H,19,20,22)/b15-10-. The van der Waals surface area contributed by atoms with Gasteiger partial charge in [0.1, 0.15) is 0 Å². The van der Waals surface area contributed by atoms with Crippen LogP contribution in [0.2, 0.25) is 0 Å². The second-order valence-corrected chi connectivity index (χ2v) is 6.37. The van der Waals surface area contributed by atoms with Crippen LogP contribution in [-0.2, 0) is 9.53 Å². The number of ether oxygens (including phenoxy) is 1. The first-order valence-corrected chi connectivity index (χ1v) is 8.51. The fourth-order valence-electron chi connectivity index (χ4n) is 2.30. The number of nitro groups is 1. The Balaban J connectivity index is 1.82. The van der Waals surface area contributed by atoms with Crippen molar-refractivity contribution in [3.8, 4) is 0 Å². The van der Waals surface area contributed by atoms with Gasteiger partial charge in [-0.05, 0) is 48.2 Å². The average molecular weight is 383 g/mol. The molecule has 1 fully saturated rings. The number of aliphatic imine (C=N–C) groups is 1. The molecule has 2 aromatic carbocycles. The Hall–Kier alpha value is -3.46. The number of benzene rings is 2. The van der Waals surface area contributed by atoms with Crippen LogP contribution in [0.15, 0.2) is 58.4 Å². The van der Waals surface area contributed by atoms with Crippen molar-refractivity contribution in [3.63, 3.8) is 0 Å². The first-order valence-electron chi connectivity index (χ1n) is 7.69. The summed E-state index contributed by atoms with van der Waals surface area (Å²) in [6, 6.07) is 12.5. The smallest absolute Gasteiger partial charge is 0.337 e.